The largest absolute Gasteiger partial charge is 0.469 e. The number of nitrogens with one attached hydrogen (secondary N) is 1. The zero-order valence-electron chi connectivity index (χ0n) is 13.8. The van der Waals surface area contributed by atoms with Crippen LogP contribution in [-0.4, -0.2) is 56.0 Å². The Morgan fingerprint density at radius 2 is 1.75 bits per heavy atom. The number of carbonyl (C=O) groups excluding carboxylic acids is 4. The SMILES string of the molecule is COC(=O)CCN(CC(=O)OC)C(=O)c1cccc(NC(C)=O)c1. The molecule has 0 aliphatic carbocycles. The van der Waals surface area contributed by atoms with Gasteiger partial charge in [-0.25, -0.2) is 0 Å². The number of ether oxygens (including phenoxy) is 2. The molecule has 0 heterocycles. The monoisotopic (exact) mass is 336 g/mol. The Hall–Kier alpha value is -2.90. The predicted octanol–water partition coefficient (Wildman–Crippen LogP) is 0.823. The van der Waals surface area contributed by atoms with E-state index in [0.29, 0.717) is 5.69 Å². The van der Waals surface area contributed by atoms with E-state index < -0.39 is 17.8 Å². The van der Waals surface area contributed by atoms with Crippen molar-refractivity contribution in [2.24, 2.45) is 0 Å². The molecule has 24 heavy (non-hydrogen) atoms. The third-order valence-electron chi connectivity index (χ3n) is 3.08. The molecule has 0 spiro atoms. The molecule has 1 aromatic carbocycles. The van der Waals surface area contributed by atoms with E-state index in [4.69, 9.17) is 0 Å². The Morgan fingerprint density at radius 1 is 1.08 bits per heavy atom. The van der Waals surface area contributed by atoms with E-state index in [9.17, 15) is 19.2 Å². The molecule has 0 bridgehead atoms. The van der Waals surface area contributed by atoms with E-state index in [0.717, 1.165) is 0 Å². The summed E-state index contributed by atoms with van der Waals surface area (Å²) in [7, 11) is 2.45. The maximum atomic E-state index is 12.6. The Bertz CT molecular complexity index is 629. The maximum Gasteiger partial charge on any atom is 0.325 e. The van der Waals surface area contributed by atoms with Gasteiger partial charge in [0.15, 0.2) is 0 Å². The number of hydrogen-bond donors (Lipinski definition) is 1. The molecule has 130 valence electrons. The average Bonchev–Trinajstić information content (AvgIpc) is 2.56. The summed E-state index contributed by atoms with van der Waals surface area (Å²) >= 11 is 0. The van der Waals surface area contributed by atoms with E-state index >= 15 is 0 Å². The molecule has 0 saturated heterocycles. The highest BCUT2D eigenvalue weighted by Crippen LogP contribution is 2.13. The third-order valence-corrected chi connectivity index (χ3v) is 3.08. The zero-order chi connectivity index (χ0) is 18.1. The molecule has 8 heteroatoms. The van der Waals surface area contributed by atoms with Gasteiger partial charge in [-0.3, -0.25) is 19.2 Å². The lowest BCUT2D eigenvalue weighted by Gasteiger charge is -2.21. The second-order valence-electron chi connectivity index (χ2n) is 4.89. The van der Waals surface area contributed by atoms with Crippen LogP contribution in [-0.2, 0) is 23.9 Å². The van der Waals surface area contributed by atoms with Crippen molar-refractivity contribution in [3.8, 4) is 0 Å². The van der Waals surface area contributed by atoms with Crippen molar-refractivity contribution < 1.29 is 28.7 Å². The van der Waals surface area contributed by atoms with Crippen LogP contribution >= 0.6 is 0 Å². The summed E-state index contributed by atoms with van der Waals surface area (Å²) < 4.78 is 9.11. The summed E-state index contributed by atoms with van der Waals surface area (Å²) in [6, 6.07) is 6.29. The van der Waals surface area contributed by atoms with Gasteiger partial charge >= 0.3 is 11.9 Å². The first-order valence-corrected chi connectivity index (χ1v) is 7.18. The summed E-state index contributed by atoms with van der Waals surface area (Å²) in [5.74, 6) is -1.83. The van der Waals surface area contributed by atoms with Gasteiger partial charge in [0.2, 0.25) is 5.91 Å². The number of rotatable bonds is 7. The minimum absolute atomic E-state index is 0.00493. The zero-order valence-corrected chi connectivity index (χ0v) is 13.8. The van der Waals surface area contributed by atoms with Crippen molar-refractivity contribution in [3.63, 3.8) is 0 Å². The van der Waals surface area contributed by atoms with Crippen LogP contribution in [0.15, 0.2) is 24.3 Å². The molecule has 0 radical (unpaired) electrons. The molecule has 0 fully saturated rings. The van der Waals surface area contributed by atoms with Crippen molar-refractivity contribution in [1.29, 1.82) is 0 Å². The van der Waals surface area contributed by atoms with Crippen LogP contribution in [0.5, 0.6) is 0 Å². The smallest absolute Gasteiger partial charge is 0.325 e. The summed E-state index contributed by atoms with van der Waals surface area (Å²) in [5, 5.41) is 2.57. The van der Waals surface area contributed by atoms with Gasteiger partial charge in [0.25, 0.3) is 5.91 Å². The predicted molar refractivity (Wildman–Crippen MR) is 85.3 cm³/mol. The molecule has 0 atom stereocenters. The second-order valence-corrected chi connectivity index (χ2v) is 4.89. The molecule has 1 rings (SSSR count). The summed E-state index contributed by atoms with van der Waals surface area (Å²) in [4.78, 5) is 47.7. The molecule has 0 unspecified atom stereocenters. The van der Waals surface area contributed by atoms with Gasteiger partial charge < -0.3 is 19.7 Å². The normalized spacial score (nSPS) is 9.79. The quantitative estimate of drug-likeness (QED) is 0.740. The summed E-state index contributed by atoms with van der Waals surface area (Å²) in [5.41, 5.74) is 0.731. The lowest BCUT2D eigenvalue weighted by Crippen LogP contribution is -2.37. The Morgan fingerprint density at radius 3 is 2.33 bits per heavy atom. The first-order chi connectivity index (χ1) is 11.4. The van der Waals surface area contributed by atoms with Gasteiger partial charge in [-0.15, -0.1) is 0 Å². The van der Waals surface area contributed by atoms with Crippen LogP contribution < -0.4 is 5.32 Å². The first-order valence-electron chi connectivity index (χ1n) is 7.18. The van der Waals surface area contributed by atoms with Crippen LogP contribution in [0.2, 0.25) is 0 Å². The van der Waals surface area contributed by atoms with Crippen molar-refractivity contribution in [3.05, 3.63) is 29.8 Å². The minimum Gasteiger partial charge on any atom is -0.469 e. The lowest BCUT2D eigenvalue weighted by molar-refractivity contribution is -0.143. The highest BCUT2D eigenvalue weighted by molar-refractivity contribution is 5.98. The Kier molecular flexibility index (Phi) is 7.41. The van der Waals surface area contributed by atoms with Gasteiger partial charge in [0.05, 0.1) is 20.6 Å². The van der Waals surface area contributed by atoms with Crippen molar-refractivity contribution in [2.75, 3.05) is 32.6 Å². The Balaban J connectivity index is 2.94. The van der Waals surface area contributed by atoms with Crippen molar-refractivity contribution >= 4 is 29.4 Å². The van der Waals surface area contributed by atoms with E-state index in [1.165, 1.54) is 32.1 Å². The number of methoxy groups -OCH3 is 2. The molecule has 8 nitrogen and oxygen atoms in total. The average molecular weight is 336 g/mol. The summed E-state index contributed by atoms with van der Waals surface area (Å²) in [6.45, 7) is 1.07. The molecule has 1 N–H and O–H groups in total. The van der Waals surface area contributed by atoms with E-state index in [2.05, 4.69) is 14.8 Å². The van der Waals surface area contributed by atoms with Crippen LogP contribution in [0.3, 0.4) is 0 Å². The fourth-order valence-electron chi connectivity index (χ4n) is 1.92. The molecule has 0 saturated carbocycles. The minimum atomic E-state index is -0.605. The van der Waals surface area contributed by atoms with Crippen LogP contribution in [0.25, 0.3) is 0 Å². The standard InChI is InChI=1S/C16H20N2O6/c1-11(19)17-13-6-4-5-12(9-13)16(22)18(10-15(21)24-3)8-7-14(20)23-2/h4-6,9H,7-8,10H2,1-3H3,(H,17,19). The van der Waals surface area contributed by atoms with Gasteiger partial charge in [0.1, 0.15) is 6.54 Å². The van der Waals surface area contributed by atoms with Gasteiger partial charge in [-0.1, -0.05) is 6.07 Å². The third kappa shape index (κ3) is 6.07. The lowest BCUT2D eigenvalue weighted by atomic mass is 10.1. The van der Waals surface area contributed by atoms with Crippen LogP contribution in [0, 0.1) is 0 Å². The number of hydrogen-bond acceptors (Lipinski definition) is 6. The number of nitrogens with zero attached hydrogens (tertiary/aromatic N) is 1. The topological polar surface area (TPSA) is 102 Å². The molecular formula is C16H20N2O6. The molecular weight excluding hydrogens is 316 g/mol. The number of anilines is 1. The second kappa shape index (κ2) is 9.29. The van der Waals surface area contributed by atoms with Crippen LogP contribution in [0.1, 0.15) is 23.7 Å². The molecule has 0 aromatic heterocycles. The number of amides is 2. The van der Waals surface area contributed by atoms with E-state index in [-0.39, 0.29) is 31.0 Å². The Labute approximate surface area is 139 Å². The summed E-state index contributed by atoms with van der Waals surface area (Å²) in [6.07, 6.45) is -0.0510. The number of carbonyl (C=O) groups is 4. The number of benzene rings is 1. The van der Waals surface area contributed by atoms with Crippen molar-refractivity contribution in [2.45, 2.75) is 13.3 Å². The number of esters is 2. The van der Waals surface area contributed by atoms with E-state index in [1.807, 2.05) is 0 Å². The van der Waals surface area contributed by atoms with E-state index in [1.54, 1.807) is 18.2 Å². The molecule has 0 aliphatic heterocycles. The molecule has 1 aromatic rings. The van der Waals surface area contributed by atoms with Gasteiger partial charge in [0, 0.05) is 24.7 Å². The fraction of sp³-hybridized carbons (Fsp3) is 0.375. The maximum absolute atomic E-state index is 12.6. The van der Waals surface area contributed by atoms with Gasteiger partial charge in [-0.05, 0) is 18.2 Å². The molecule has 0 aliphatic rings. The van der Waals surface area contributed by atoms with Gasteiger partial charge in [-0.2, -0.15) is 0 Å². The highest BCUT2D eigenvalue weighted by Gasteiger charge is 2.20. The fourth-order valence-corrected chi connectivity index (χ4v) is 1.92. The van der Waals surface area contributed by atoms with Crippen LogP contribution in [0.4, 0.5) is 5.69 Å². The first kappa shape index (κ1) is 19.1. The van der Waals surface area contributed by atoms with Crippen molar-refractivity contribution in [1.82, 2.24) is 4.90 Å². The molecule has 2 amide bonds. The highest BCUT2D eigenvalue weighted by atomic mass is 16.5.